The van der Waals surface area contributed by atoms with E-state index in [1.54, 1.807) is 12.1 Å². The molecule has 2 rings (SSSR count). The van der Waals surface area contributed by atoms with E-state index in [9.17, 15) is 4.79 Å². The fraction of sp³-hybridized carbons (Fsp3) is 0.417. The Balaban J connectivity index is 2.24. The summed E-state index contributed by atoms with van der Waals surface area (Å²) in [6.07, 6.45) is 0.0245. The van der Waals surface area contributed by atoms with Crippen molar-refractivity contribution in [3.8, 4) is 5.75 Å². The van der Waals surface area contributed by atoms with Gasteiger partial charge in [-0.1, -0.05) is 6.07 Å². The van der Waals surface area contributed by atoms with Crippen LogP contribution in [0, 0.1) is 0 Å². The summed E-state index contributed by atoms with van der Waals surface area (Å²) >= 11 is 0. The summed E-state index contributed by atoms with van der Waals surface area (Å²) in [5, 5.41) is 8.69. The molecule has 0 aromatic heterocycles. The van der Waals surface area contributed by atoms with Gasteiger partial charge in [-0.05, 0) is 17.7 Å². The maximum atomic E-state index is 10.6. The SMILES string of the molecule is CC1(C)OCc2cc(CC(=O)O)ccc2O1. The Morgan fingerprint density at radius 3 is 2.94 bits per heavy atom. The number of fused-ring (bicyclic) bond motifs is 1. The molecular weight excluding hydrogens is 208 g/mol. The first-order chi connectivity index (χ1) is 7.46. The fourth-order valence-corrected chi connectivity index (χ4v) is 1.68. The lowest BCUT2D eigenvalue weighted by molar-refractivity contribution is -0.180. The Kier molecular flexibility index (Phi) is 2.59. The molecule has 1 N–H and O–H groups in total. The summed E-state index contributed by atoms with van der Waals surface area (Å²) in [6, 6.07) is 5.39. The summed E-state index contributed by atoms with van der Waals surface area (Å²) < 4.78 is 11.1. The molecule has 0 bridgehead atoms. The van der Waals surface area contributed by atoms with Crippen molar-refractivity contribution in [1.82, 2.24) is 0 Å². The van der Waals surface area contributed by atoms with E-state index in [0.717, 1.165) is 16.9 Å². The maximum absolute atomic E-state index is 10.6. The van der Waals surface area contributed by atoms with Crippen LogP contribution in [0.5, 0.6) is 5.75 Å². The van der Waals surface area contributed by atoms with Crippen LogP contribution in [0.1, 0.15) is 25.0 Å². The summed E-state index contributed by atoms with van der Waals surface area (Å²) in [4.78, 5) is 10.6. The van der Waals surface area contributed by atoms with Crippen molar-refractivity contribution in [2.24, 2.45) is 0 Å². The van der Waals surface area contributed by atoms with Gasteiger partial charge in [0.15, 0.2) is 0 Å². The Labute approximate surface area is 93.8 Å². The number of hydrogen-bond donors (Lipinski definition) is 1. The Morgan fingerprint density at radius 1 is 1.50 bits per heavy atom. The van der Waals surface area contributed by atoms with Crippen molar-refractivity contribution in [2.75, 3.05) is 0 Å². The summed E-state index contributed by atoms with van der Waals surface area (Å²) in [7, 11) is 0. The highest BCUT2D eigenvalue weighted by molar-refractivity contribution is 5.70. The predicted molar refractivity (Wildman–Crippen MR) is 57.3 cm³/mol. The second kappa shape index (κ2) is 3.79. The van der Waals surface area contributed by atoms with Gasteiger partial charge in [0.2, 0.25) is 5.79 Å². The molecule has 16 heavy (non-hydrogen) atoms. The molecule has 1 aromatic rings. The lowest BCUT2D eigenvalue weighted by Crippen LogP contribution is -2.35. The van der Waals surface area contributed by atoms with E-state index < -0.39 is 11.8 Å². The van der Waals surface area contributed by atoms with Crippen LogP contribution in [0.25, 0.3) is 0 Å². The Bertz CT molecular complexity index is 423. The van der Waals surface area contributed by atoms with Gasteiger partial charge in [0, 0.05) is 19.4 Å². The van der Waals surface area contributed by atoms with Gasteiger partial charge in [-0.25, -0.2) is 0 Å². The minimum atomic E-state index is -0.835. The molecule has 0 radical (unpaired) electrons. The van der Waals surface area contributed by atoms with Crippen molar-refractivity contribution in [2.45, 2.75) is 32.7 Å². The van der Waals surface area contributed by atoms with Gasteiger partial charge in [0.05, 0.1) is 13.0 Å². The highest BCUT2D eigenvalue weighted by Crippen LogP contribution is 2.31. The highest BCUT2D eigenvalue weighted by Gasteiger charge is 2.27. The molecule has 0 amide bonds. The van der Waals surface area contributed by atoms with Crippen LogP contribution < -0.4 is 4.74 Å². The molecule has 0 saturated heterocycles. The van der Waals surface area contributed by atoms with Gasteiger partial charge < -0.3 is 14.6 Å². The van der Waals surface area contributed by atoms with Gasteiger partial charge in [-0.3, -0.25) is 4.79 Å². The molecule has 1 heterocycles. The number of hydrogen-bond acceptors (Lipinski definition) is 3. The molecule has 0 atom stereocenters. The zero-order valence-electron chi connectivity index (χ0n) is 9.32. The molecule has 0 spiro atoms. The molecular formula is C12H14O4. The number of carboxylic acid groups (broad SMARTS) is 1. The lowest BCUT2D eigenvalue weighted by Gasteiger charge is -2.32. The van der Waals surface area contributed by atoms with Crippen LogP contribution >= 0.6 is 0 Å². The lowest BCUT2D eigenvalue weighted by atomic mass is 10.1. The van der Waals surface area contributed by atoms with E-state index in [0.29, 0.717) is 6.61 Å². The Morgan fingerprint density at radius 2 is 2.25 bits per heavy atom. The van der Waals surface area contributed by atoms with E-state index in [1.807, 2.05) is 19.9 Å². The van der Waals surface area contributed by atoms with Gasteiger partial charge in [-0.15, -0.1) is 0 Å². The quantitative estimate of drug-likeness (QED) is 0.831. The first-order valence-electron chi connectivity index (χ1n) is 5.13. The number of carbonyl (C=O) groups is 1. The molecule has 0 saturated carbocycles. The van der Waals surface area contributed by atoms with Crippen molar-refractivity contribution < 1.29 is 19.4 Å². The third-order valence-electron chi connectivity index (χ3n) is 2.41. The second-order valence-electron chi connectivity index (χ2n) is 4.30. The average Bonchev–Trinajstić information content (AvgIpc) is 2.16. The largest absolute Gasteiger partial charge is 0.481 e. The number of benzene rings is 1. The summed E-state index contributed by atoms with van der Waals surface area (Å²) in [5.41, 5.74) is 1.66. The fourth-order valence-electron chi connectivity index (χ4n) is 1.68. The van der Waals surface area contributed by atoms with Crippen molar-refractivity contribution in [3.05, 3.63) is 29.3 Å². The first kappa shape index (κ1) is 11.0. The third kappa shape index (κ3) is 2.33. The van der Waals surface area contributed by atoms with E-state index in [1.165, 1.54) is 0 Å². The molecule has 1 aromatic carbocycles. The van der Waals surface area contributed by atoms with E-state index in [4.69, 9.17) is 14.6 Å². The van der Waals surface area contributed by atoms with Gasteiger partial charge in [0.25, 0.3) is 0 Å². The molecule has 1 aliphatic heterocycles. The zero-order valence-corrected chi connectivity index (χ0v) is 9.32. The van der Waals surface area contributed by atoms with Gasteiger partial charge in [-0.2, -0.15) is 0 Å². The molecule has 4 nitrogen and oxygen atoms in total. The van der Waals surface area contributed by atoms with Gasteiger partial charge in [0.1, 0.15) is 5.75 Å². The number of rotatable bonds is 2. The first-order valence-corrected chi connectivity index (χ1v) is 5.13. The normalized spacial score (nSPS) is 17.4. The van der Waals surface area contributed by atoms with Gasteiger partial charge >= 0.3 is 5.97 Å². The standard InChI is InChI=1S/C12H14O4/c1-12(2)15-7-9-5-8(6-11(13)14)3-4-10(9)16-12/h3-5H,6-7H2,1-2H3,(H,13,14). The third-order valence-corrected chi connectivity index (χ3v) is 2.41. The number of carboxylic acids is 1. The molecule has 0 unspecified atom stereocenters. The monoisotopic (exact) mass is 222 g/mol. The highest BCUT2D eigenvalue weighted by atomic mass is 16.7. The zero-order chi connectivity index (χ0) is 11.8. The van der Waals surface area contributed by atoms with Crippen molar-refractivity contribution >= 4 is 5.97 Å². The van der Waals surface area contributed by atoms with Crippen LogP contribution in [-0.4, -0.2) is 16.9 Å². The van der Waals surface area contributed by atoms with E-state index >= 15 is 0 Å². The van der Waals surface area contributed by atoms with Crippen molar-refractivity contribution in [3.63, 3.8) is 0 Å². The van der Waals surface area contributed by atoms with Crippen LogP contribution in [0.4, 0.5) is 0 Å². The molecule has 86 valence electrons. The topological polar surface area (TPSA) is 55.8 Å². The van der Waals surface area contributed by atoms with Crippen LogP contribution in [0.3, 0.4) is 0 Å². The maximum Gasteiger partial charge on any atom is 0.307 e. The second-order valence-corrected chi connectivity index (χ2v) is 4.30. The molecule has 4 heteroatoms. The smallest absolute Gasteiger partial charge is 0.307 e. The number of ether oxygens (including phenoxy) is 2. The molecule has 0 fully saturated rings. The van der Waals surface area contributed by atoms with E-state index in [2.05, 4.69) is 0 Å². The number of aliphatic carboxylic acids is 1. The molecule has 1 aliphatic rings. The molecule has 0 aliphatic carbocycles. The van der Waals surface area contributed by atoms with Crippen LogP contribution in [0.15, 0.2) is 18.2 Å². The minimum absolute atomic E-state index is 0.0245. The predicted octanol–water partition coefficient (Wildman–Crippen LogP) is 1.96. The summed E-state index contributed by atoms with van der Waals surface area (Å²) in [6.45, 7) is 4.15. The van der Waals surface area contributed by atoms with E-state index in [-0.39, 0.29) is 6.42 Å². The average molecular weight is 222 g/mol. The van der Waals surface area contributed by atoms with Crippen molar-refractivity contribution in [1.29, 1.82) is 0 Å². The summed E-state index contributed by atoms with van der Waals surface area (Å²) in [5.74, 6) is -0.676. The Hall–Kier alpha value is -1.55. The minimum Gasteiger partial charge on any atom is -0.481 e. The van der Waals surface area contributed by atoms with Crippen LogP contribution in [-0.2, 0) is 22.6 Å². The van der Waals surface area contributed by atoms with Crippen LogP contribution in [0.2, 0.25) is 0 Å².